The highest BCUT2D eigenvalue weighted by Crippen LogP contribution is 2.20. The highest BCUT2D eigenvalue weighted by atomic mass is 32.1. The van der Waals surface area contributed by atoms with E-state index in [1.165, 1.54) is 11.3 Å². The minimum absolute atomic E-state index is 0.0736. The van der Waals surface area contributed by atoms with Crippen molar-refractivity contribution in [2.24, 2.45) is 0 Å². The Balaban J connectivity index is 1.66. The summed E-state index contributed by atoms with van der Waals surface area (Å²) >= 11 is 3.05. The van der Waals surface area contributed by atoms with Crippen molar-refractivity contribution >= 4 is 28.6 Å². The Labute approximate surface area is 162 Å². The largest absolute Gasteiger partial charge is 0.486 e. The highest BCUT2D eigenvalue weighted by molar-refractivity contribution is 7.12. The number of hydrogen-bond acceptors (Lipinski definition) is 5. The molecule has 3 rings (SSSR count). The van der Waals surface area contributed by atoms with Gasteiger partial charge in [-0.1, -0.05) is 31.2 Å². The van der Waals surface area contributed by atoms with Gasteiger partial charge in [0.25, 0.3) is 5.91 Å². The van der Waals surface area contributed by atoms with E-state index in [-0.39, 0.29) is 11.9 Å². The summed E-state index contributed by atoms with van der Waals surface area (Å²) in [4.78, 5) is 20.1. The van der Waals surface area contributed by atoms with Crippen LogP contribution in [0.15, 0.2) is 53.2 Å². The van der Waals surface area contributed by atoms with Crippen LogP contribution >= 0.6 is 22.7 Å². The molecule has 1 aromatic carbocycles. The molecule has 0 aliphatic carbocycles. The van der Waals surface area contributed by atoms with Crippen molar-refractivity contribution in [2.75, 3.05) is 0 Å². The van der Waals surface area contributed by atoms with Crippen molar-refractivity contribution < 1.29 is 9.53 Å². The van der Waals surface area contributed by atoms with Crippen LogP contribution in [-0.4, -0.2) is 21.8 Å². The van der Waals surface area contributed by atoms with Gasteiger partial charge in [-0.25, -0.2) is 4.98 Å². The minimum atomic E-state index is 0.0736. The Morgan fingerprint density at radius 2 is 2.00 bits per heavy atom. The number of aromatic nitrogens is 1. The second kappa shape index (κ2) is 8.96. The number of thiazole rings is 1. The summed E-state index contributed by atoms with van der Waals surface area (Å²) in [5.74, 6) is 0.905. The third-order valence-electron chi connectivity index (χ3n) is 4.15. The van der Waals surface area contributed by atoms with Crippen LogP contribution < -0.4 is 4.74 Å². The number of carbonyl (C=O) groups is 1. The molecule has 2 heterocycles. The summed E-state index contributed by atoms with van der Waals surface area (Å²) < 4.78 is 5.75. The molecule has 6 heteroatoms. The lowest BCUT2D eigenvalue weighted by Gasteiger charge is -2.27. The first kappa shape index (κ1) is 18.6. The number of nitrogens with zero attached hydrogens (tertiary/aromatic N) is 2. The van der Waals surface area contributed by atoms with Crippen molar-refractivity contribution in [1.29, 1.82) is 0 Å². The van der Waals surface area contributed by atoms with Crippen LogP contribution in [0.5, 0.6) is 5.75 Å². The molecule has 3 aromatic rings. The molecule has 0 saturated heterocycles. The molecule has 0 N–H and O–H groups in total. The van der Waals surface area contributed by atoms with E-state index in [1.54, 1.807) is 11.3 Å². The SMILES string of the molecule is CCC(C)N(Cc1csc(COc2ccccc2)n1)C(=O)c1cccs1. The van der Waals surface area contributed by atoms with E-state index in [9.17, 15) is 4.79 Å². The third-order valence-corrected chi connectivity index (χ3v) is 5.88. The van der Waals surface area contributed by atoms with Crippen LogP contribution in [-0.2, 0) is 13.2 Å². The minimum Gasteiger partial charge on any atom is -0.486 e. The molecule has 4 nitrogen and oxygen atoms in total. The molecule has 0 fully saturated rings. The first-order chi connectivity index (χ1) is 12.7. The maximum Gasteiger partial charge on any atom is 0.264 e. The molecule has 0 saturated carbocycles. The number of hydrogen-bond donors (Lipinski definition) is 0. The molecule has 136 valence electrons. The molecule has 1 amide bonds. The molecular weight excluding hydrogens is 364 g/mol. The molecule has 0 aliphatic rings. The molecule has 0 spiro atoms. The molecule has 26 heavy (non-hydrogen) atoms. The quantitative estimate of drug-likeness (QED) is 0.533. The van der Waals surface area contributed by atoms with Gasteiger partial charge in [0.1, 0.15) is 17.4 Å². The number of amides is 1. The van der Waals surface area contributed by atoms with E-state index >= 15 is 0 Å². The third kappa shape index (κ3) is 4.71. The van der Waals surface area contributed by atoms with Gasteiger partial charge in [0.2, 0.25) is 0 Å². The molecule has 0 radical (unpaired) electrons. The summed E-state index contributed by atoms with van der Waals surface area (Å²) in [5.41, 5.74) is 0.909. The normalized spacial score (nSPS) is 11.9. The van der Waals surface area contributed by atoms with Crippen LogP contribution in [0.1, 0.15) is 40.6 Å². The fourth-order valence-electron chi connectivity index (χ4n) is 2.51. The number of rotatable bonds is 8. The first-order valence-corrected chi connectivity index (χ1v) is 10.4. The molecule has 1 unspecified atom stereocenters. The van der Waals surface area contributed by atoms with Gasteiger partial charge in [-0.3, -0.25) is 4.79 Å². The van der Waals surface area contributed by atoms with Crippen LogP contribution in [0.4, 0.5) is 0 Å². The van der Waals surface area contributed by atoms with Gasteiger partial charge in [0.05, 0.1) is 17.1 Å². The zero-order chi connectivity index (χ0) is 18.4. The van der Waals surface area contributed by atoms with E-state index in [0.29, 0.717) is 13.2 Å². The molecular formula is C20H22N2O2S2. The Kier molecular flexibility index (Phi) is 6.41. The predicted octanol–water partition coefficient (Wildman–Crippen LogP) is 5.22. The zero-order valence-electron chi connectivity index (χ0n) is 14.9. The highest BCUT2D eigenvalue weighted by Gasteiger charge is 2.22. The number of ether oxygens (including phenoxy) is 1. The van der Waals surface area contributed by atoms with Crippen LogP contribution in [0.3, 0.4) is 0 Å². The van der Waals surface area contributed by atoms with Crippen LogP contribution in [0.25, 0.3) is 0 Å². The van der Waals surface area contributed by atoms with Crippen LogP contribution in [0, 0.1) is 0 Å². The lowest BCUT2D eigenvalue weighted by molar-refractivity contribution is 0.0674. The average molecular weight is 387 g/mol. The topological polar surface area (TPSA) is 42.4 Å². The van der Waals surface area contributed by atoms with Gasteiger partial charge in [0.15, 0.2) is 0 Å². The fraction of sp³-hybridized carbons (Fsp3) is 0.300. The monoisotopic (exact) mass is 386 g/mol. The molecule has 2 aromatic heterocycles. The zero-order valence-corrected chi connectivity index (χ0v) is 16.6. The number of benzene rings is 1. The van der Waals surface area contributed by atoms with Crippen molar-refractivity contribution in [3.63, 3.8) is 0 Å². The first-order valence-electron chi connectivity index (χ1n) is 8.63. The fourth-order valence-corrected chi connectivity index (χ4v) is 3.89. The second-order valence-electron chi connectivity index (χ2n) is 6.00. The lowest BCUT2D eigenvalue weighted by atomic mass is 10.2. The van der Waals surface area contributed by atoms with E-state index in [0.717, 1.165) is 27.7 Å². The average Bonchev–Trinajstić information content (AvgIpc) is 3.36. The number of thiophene rings is 1. The van der Waals surface area contributed by atoms with Gasteiger partial charge >= 0.3 is 0 Å². The van der Waals surface area contributed by atoms with Gasteiger partial charge in [-0.2, -0.15) is 0 Å². The number of para-hydroxylation sites is 1. The van der Waals surface area contributed by atoms with Gasteiger partial charge in [-0.05, 0) is 36.9 Å². The second-order valence-corrected chi connectivity index (χ2v) is 7.89. The summed E-state index contributed by atoms with van der Waals surface area (Å²) in [6.45, 7) is 5.14. The van der Waals surface area contributed by atoms with Gasteiger partial charge in [-0.15, -0.1) is 22.7 Å². The molecule has 0 bridgehead atoms. The summed E-state index contributed by atoms with van der Waals surface area (Å²) in [5, 5.41) is 4.86. The Bertz CT molecular complexity index is 815. The van der Waals surface area contributed by atoms with Crippen molar-refractivity contribution in [3.05, 3.63) is 68.8 Å². The van der Waals surface area contributed by atoms with Crippen LogP contribution in [0.2, 0.25) is 0 Å². The van der Waals surface area contributed by atoms with Gasteiger partial charge in [0, 0.05) is 11.4 Å². The van der Waals surface area contributed by atoms with Crippen molar-refractivity contribution in [2.45, 2.75) is 39.5 Å². The lowest BCUT2D eigenvalue weighted by Crippen LogP contribution is -2.37. The molecule has 0 aliphatic heterocycles. The Morgan fingerprint density at radius 3 is 2.69 bits per heavy atom. The van der Waals surface area contributed by atoms with E-state index in [1.807, 2.05) is 58.1 Å². The van der Waals surface area contributed by atoms with Crippen molar-refractivity contribution in [1.82, 2.24) is 9.88 Å². The molecule has 1 atom stereocenters. The Morgan fingerprint density at radius 1 is 1.19 bits per heavy atom. The Hall–Kier alpha value is -2.18. The standard InChI is InChI=1S/C20H22N2O2S2/c1-3-15(2)22(20(23)18-10-7-11-25-18)12-16-14-26-19(21-16)13-24-17-8-5-4-6-9-17/h4-11,14-15H,3,12-13H2,1-2H3. The maximum atomic E-state index is 12.8. The van der Waals surface area contributed by atoms with Gasteiger partial charge < -0.3 is 9.64 Å². The number of carbonyl (C=O) groups excluding carboxylic acids is 1. The smallest absolute Gasteiger partial charge is 0.264 e. The summed E-state index contributed by atoms with van der Waals surface area (Å²) in [7, 11) is 0. The summed E-state index contributed by atoms with van der Waals surface area (Å²) in [6, 6.07) is 13.7. The van der Waals surface area contributed by atoms with Crippen molar-refractivity contribution in [3.8, 4) is 5.75 Å². The maximum absolute atomic E-state index is 12.8. The van der Waals surface area contributed by atoms with E-state index < -0.39 is 0 Å². The van der Waals surface area contributed by atoms with E-state index in [2.05, 4.69) is 18.8 Å². The predicted molar refractivity (Wildman–Crippen MR) is 107 cm³/mol. The van der Waals surface area contributed by atoms with E-state index in [4.69, 9.17) is 4.74 Å². The summed E-state index contributed by atoms with van der Waals surface area (Å²) in [6.07, 6.45) is 0.908.